The number of phenolic OH excluding ortho intramolecular Hbond substituents is 1. The van der Waals surface area contributed by atoms with E-state index in [4.69, 9.17) is 21.1 Å². The molecule has 0 spiro atoms. The van der Waals surface area contributed by atoms with Crippen molar-refractivity contribution in [2.45, 2.75) is 6.10 Å². The topological polar surface area (TPSA) is 80.2 Å². The first-order valence-electron chi connectivity index (χ1n) is 8.34. The molecule has 0 aliphatic carbocycles. The fraction of sp³-hybridized carbons (Fsp3) is 0.100. The van der Waals surface area contributed by atoms with E-state index in [9.17, 15) is 9.90 Å². The zero-order chi connectivity index (χ0) is 19.7. The van der Waals surface area contributed by atoms with Crippen LogP contribution in [0.5, 0.6) is 17.2 Å². The van der Waals surface area contributed by atoms with E-state index < -0.39 is 12.0 Å². The van der Waals surface area contributed by atoms with E-state index in [2.05, 4.69) is 26.5 Å². The van der Waals surface area contributed by atoms with Crippen LogP contribution >= 0.6 is 27.5 Å². The van der Waals surface area contributed by atoms with Gasteiger partial charge in [-0.05, 0) is 51.0 Å². The van der Waals surface area contributed by atoms with Gasteiger partial charge in [0.1, 0.15) is 12.4 Å². The Morgan fingerprint density at radius 3 is 2.68 bits per heavy atom. The zero-order valence-electron chi connectivity index (χ0n) is 14.4. The molecule has 1 amide bonds. The molecule has 1 atom stereocenters. The van der Waals surface area contributed by atoms with Gasteiger partial charge in [0.05, 0.1) is 10.7 Å². The molecule has 1 aliphatic heterocycles. The second kappa shape index (κ2) is 7.69. The summed E-state index contributed by atoms with van der Waals surface area (Å²) in [5.41, 5.74) is 2.75. The standard InChI is InChI=1S/C20H14BrClN2O4/c21-15-8-14(22)5-13(19(15)25)9-23-24-20(26)18-10-27-16-6-11-3-1-2-4-12(11)7-17(16)28-18/h1-9,18,25H,10H2,(H,24,26)/b23-9+/t18-/m0/s1. The van der Waals surface area contributed by atoms with Gasteiger partial charge in [-0.2, -0.15) is 5.10 Å². The summed E-state index contributed by atoms with van der Waals surface area (Å²) in [5, 5.41) is 16.3. The Labute approximate surface area is 173 Å². The van der Waals surface area contributed by atoms with Crippen molar-refractivity contribution in [2.24, 2.45) is 5.10 Å². The largest absolute Gasteiger partial charge is 0.506 e. The minimum atomic E-state index is -0.842. The van der Waals surface area contributed by atoms with Crippen molar-refractivity contribution in [3.05, 3.63) is 63.6 Å². The smallest absolute Gasteiger partial charge is 0.284 e. The molecular formula is C20H14BrClN2O4. The Morgan fingerprint density at radius 2 is 1.93 bits per heavy atom. The third kappa shape index (κ3) is 3.76. The Bertz CT molecular complexity index is 1100. The van der Waals surface area contributed by atoms with Gasteiger partial charge < -0.3 is 14.6 Å². The van der Waals surface area contributed by atoms with Gasteiger partial charge in [-0.1, -0.05) is 35.9 Å². The summed E-state index contributed by atoms with van der Waals surface area (Å²) in [5.74, 6) is 0.613. The number of phenols is 1. The highest BCUT2D eigenvalue weighted by Gasteiger charge is 2.27. The SMILES string of the molecule is O=C(N/N=C/c1cc(Cl)cc(Br)c1O)[C@@H]1COc2cc3ccccc3cc2O1. The average Bonchev–Trinajstić information content (AvgIpc) is 2.69. The van der Waals surface area contributed by atoms with Crippen molar-refractivity contribution in [3.8, 4) is 17.2 Å². The second-order valence-electron chi connectivity index (χ2n) is 6.12. The van der Waals surface area contributed by atoms with Gasteiger partial charge in [-0.25, -0.2) is 5.43 Å². The number of nitrogens with zero attached hydrogens (tertiary/aromatic N) is 1. The Morgan fingerprint density at radius 1 is 1.21 bits per heavy atom. The number of hydrogen-bond donors (Lipinski definition) is 2. The lowest BCUT2D eigenvalue weighted by atomic mass is 10.1. The Kier molecular flexibility index (Phi) is 5.11. The molecule has 0 fully saturated rings. The quantitative estimate of drug-likeness (QED) is 0.451. The van der Waals surface area contributed by atoms with Gasteiger partial charge in [0, 0.05) is 10.6 Å². The molecule has 2 N–H and O–H groups in total. The second-order valence-corrected chi connectivity index (χ2v) is 7.41. The monoisotopic (exact) mass is 460 g/mol. The lowest BCUT2D eigenvalue weighted by Gasteiger charge is -2.25. The van der Waals surface area contributed by atoms with Crippen LogP contribution in [0.1, 0.15) is 5.56 Å². The molecule has 0 bridgehead atoms. The van der Waals surface area contributed by atoms with Crippen LogP contribution in [0.15, 0.2) is 58.1 Å². The number of nitrogens with one attached hydrogen (secondary N) is 1. The first-order chi connectivity index (χ1) is 13.5. The van der Waals surface area contributed by atoms with Gasteiger partial charge in [-0.3, -0.25) is 4.79 Å². The first-order valence-corrected chi connectivity index (χ1v) is 9.51. The van der Waals surface area contributed by atoms with E-state index >= 15 is 0 Å². The number of benzene rings is 3. The molecule has 0 saturated heterocycles. The van der Waals surface area contributed by atoms with Crippen LogP contribution in [0.2, 0.25) is 5.02 Å². The highest BCUT2D eigenvalue weighted by atomic mass is 79.9. The molecule has 142 valence electrons. The summed E-state index contributed by atoms with van der Waals surface area (Å²) in [6, 6.07) is 14.6. The molecule has 0 radical (unpaired) electrons. The molecule has 1 heterocycles. The van der Waals surface area contributed by atoms with E-state index in [1.54, 1.807) is 6.07 Å². The normalized spacial score (nSPS) is 15.7. The van der Waals surface area contributed by atoms with Crippen molar-refractivity contribution >= 4 is 50.4 Å². The molecule has 8 heteroatoms. The van der Waals surface area contributed by atoms with E-state index in [1.807, 2.05) is 36.4 Å². The van der Waals surface area contributed by atoms with Crippen molar-refractivity contribution in [1.82, 2.24) is 5.43 Å². The highest BCUT2D eigenvalue weighted by Crippen LogP contribution is 2.36. The fourth-order valence-corrected chi connectivity index (χ4v) is 3.64. The minimum Gasteiger partial charge on any atom is -0.506 e. The maximum atomic E-state index is 12.4. The number of hydrogen-bond acceptors (Lipinski definition) is 5. The average molecular weight is 462 g/mol. The fourth-order valence-electron chi connectivity index (χ4n) is 2.81. The van der Waals surface area contributed by atoms with Crippen LogP contribution in [0, 0.1) is 0 Å². The van der Waals surface area contributed by atoms with E-state index in [0.29, 0.717) is 26.6 Å². The van der Waals surface area contributed by atoms with Crippen LogP contribution in [0.4, 0.5) is 0 Å². The molecule has 28 heavy (non-hydrogen) atoms. The molecular weight excluding hydrogens is 448 g/mol. The summed E-state index contributed by atoms with van der Waals surface area (Å²) in [6.07, 6.45) is 0.458. The predicted octanol–water partition coefficient (Wildman–Crippen LogP) is 4.25. The number of ether oxygens (including phenoxy) is 2. The first kappa shape index (κ1) is 18.6. The number of aromatic hydroxyl groups is 1. The van der Waals surface area contributed by atoms with Gasteiger partial charge in [-0.15, -0.1) is 0 Å². The number of fused-ring (bicyclic) bond motifs is 2. The minimum absolute atomic E-state index is 0.0274. The molecule has 0 saturated carbocycles. The van der Waals surface area contributed by atoms with Crippen LogP contribution < -0.4 is 14.9 Å². The third-order valence-corrected chi connectivity index (χ3v) is 5.02. The van der Waals surface area contributed by atoms with Crippen LogP contribution in [0.25, 0.3) is 10.8 Å². The Balaban J connectivity index is 1.46. The molecule has 4 rings (SSSR count). The van der Waals surface area contributed by atoms with Crippen LogP contribution in [0.3, 0.4) is 0 Å². The molecule has 1 aliphatic rings. The maximum absolute atomic E-state index is 12.4. The molecule has 3 aromatic carbocycles. The van der Waals surface area contributed by atoms with Crippen molar-refractivity contribution < 1.29 is 19.4 Å². The third-order valence-electron chi connectivity index (χ3n) is 4.20. The number of rotatable bonds is 3. The number of hydrazone groups is 1. The van der Waals surface area contributed by atoms with Crippen LogP contribution in [-0.4, -0.2) is 29.9 Å². The zero-order valence-corrected chi connectivity index (χ0v) is 16.7. The number of carbonyl (C=O) groups is 1. The van der Waals surface area contributed by atoms with Gasteiger partial charge in [0.2, 0.25) is 6.10 Å². The number of amides is 1. The summed E-state index contributed by atoms with van der Waals surface area (Å²) >= 11 is 9.14. The molecule has 3 aromatic rings. The van der Waals surface area contributed by atoms with E-state index in [0.717, 1.165) is 10.8 Å². The summed E-state index contributed by atoms with van der Waals surface area (Å²) < 4.78 is 11.9. The summed E-state index contributed by atoms with van der Waals surface area (Å²) in [7, 11) is 0. The predicted molar refractivity (Wildman–Crippen MR) is 110 cm³/mol. The van der Waals surface area contributed by atoms with Gasteiger partial charge in [0.15, 0.2) is 11.5 Å². The van der Waals surface area contributed by atoms with Gasteiger partial charge in [0.25, 0.3) is 5.91 Å². The highest BCUT2D eigenvalue weighted by molar-refractivity contribution is 9.10. The van der Waals surface area contributed by atoms with Gasteiger partial charge >= 0.3 is 0 Å². The van der Waals surface area contributed by atoms with Crippen molar-refractivity contribution in [2.75, 3.05) is 6.61 Å². The maximum Gasteiger partial charge on any atom is 0.284 e. The lowest BCUT2D eigenvalue weighted by Crippen LogP contribution is -2.42. The number of halogens is 2. The molecule has 0 unspecified atom stereocenters. The summed E-state index contributed by atoms with van der Waals surface area (Å²) in [4.78, 5) is 12.4. The van der Waals surface area contributed by atoms with Crippen molar-refractivity contribution in [1.29, 1.82) is 0 Å². The Hall–Kier alpha value is -2.77. The summed E-state index contributed by atoms with van der Waals surface area (Å²) in [6.45, 7) is 0.0701. The van der Waals surface area contributed by atoms with E-state index in [-0.39, 0.29) is 12.4 Å². The number of carbonyl (C=O) groups excluding carboxylic acids is 1. The lowest BCUT2D eigenvalue weighted by molar-refractivity contribution is -0.130. The van der Waals surface area contributed by atoms with Crippen molar-refractivity contribution in [3.63, 3.8) is 0 Å². The molecule has 0 aromatic heterocycles. The molecule has 6 nitrogen and oxygen atoms in total. The van der Waals surface area contributed by atoms with E-state index in [1.165, 1.54) is 12.3 Å². The van der Waals surface area contributed by atoms with Crippen LogP contribution in [-0.2, 0) is 4.79 Å².